The molecule has 2 aliphatic carbocycles. The number of carbonyl (C=O) groups is 4. The molecule has 1 fully saturated rings. The van der Waals surface area contributed by atoms with Gasteiger partial charge in [-0.25, -0.2) is 0 Å². The molecule has 6 nitrogen and oxygen atoms in total. The molecule has 1 N–H and O–H groups in total. The minimum absolute atomic E-state index is 0.0572. The number of carbonyl (C=O) groups excluding carboxylic acids is 4. The van der Waals surface area contributed by atoms with E-state index in [1.807, 2.05) is 71.9 Å². The molecule has 1 saturated carbocycles. The SMILES string of the molecule is CC1(C)CC(=O)C(C2(C3=C(O)CC(C)(C)CC3=O)C(=O)N3c4c(cccc42)C(C)(c2ccccc2)CC3(C)C)C(=O)C1. The highest BCUT2D eigenvalue weighted by atomic mass is 16.3. The molecular formula is C36H41NO5. The van der Waals surface area contributed by atoms with Crippen molar-refractivity contribution >= 4 is 28.9 Å². The van der Waals surface area contributed by atoms with Gasteiger partial charge >= 0.3 is 0 Å². The molecule has 2 atom stereocenters. The first-order valence-electron chi connectivity index (χ1n) is 15.0. The maximum Gasteiger partial charge on any atom is 0.244 e. The molecule has 2 aromatic rings. The van der Waals surface area contributed by atoms with Gasteiger partial charge in [0.2, 0.25) is 5.91 Å². The third-order valence-corrected chi connectivity index (χ3v) is 10.3. The largest absolute Gasteiger partial charge is 0.512 e. The lowest BCUT2D eigenvalue weighted by Gasteiger charge is -2.50. The molecule has 2 aromatic carbocycles. The topological polar surface area (TPSA) is 91.8 Å². The molecule has 42 heavy (non-hydrogen) atoms. The number of hydrogen-bond acceptors (Lipinski definition) is 5. The van der Waals surface area contributed by atoms with Gasteiger partial charge in [-0.05, 0) is 47.8 Å². The first kappa shape index (κ1) is 28.6. The molecule has 2 unspecified atom stereocenters. The summed E-state index contributed by atoms with van der Waals surface area (Å²) in [4.78, 5) is 59.5. The van der Waals surface area contributed by atoms with E-state index in [9.17, 15) is 19.5 Å². The van der Waals surface area contributed by atoms with Crippen LogP contribution in [0.2, 0.25) is 0 Å². The first-order chi connectivity index (χ1) is 19.5. The number of amides is 1. The molecular weight excluding hydrogens is 526 g/mol. The molecule has 0 spiro atoms. The van der Waals surface area contributed by atoms with Gasteiger partial charge in [0, 0.05) is 36.6 Å². The molecule has 6 heteroatoms. The van der Waals surface area contributed by atoms with E-state index in [0.717, 1.165) is 11.1 Å². The van der Waals surface area contributed by atoms with Gasteiger partial charge in [-0.1, -0.05) is 83.1 Å². The van der Waals surface area contributed by atoms with Crippen LogP contribution in [0.4, 0.5) is 5.69 Å². The highest BCUT2D eigenvalue weighted by Gasteiger charge is 2.69. The van der Waals surface area contributed by atoms with Crippen LogP contribution < -0.4 is 4.90 Å². The molecule has 220 valence electrons. The second-order valence-electron chi connectivity index (χ2n) is 15.5. The summed E-state index contributed by atoms with van der Waals surface area (Å²) >= 11 is 0. The second kappa shape index (κ2) is 8.75. The summed E-state index contributed by atoms with van der Waals surface area (Å²) in [7, 11) is 0. The summed E-state index contributed by atoms with van der Waals surface area (Å²) in [6, 6.07) is 15.9. The number of para-hydroxylation sites is 1. The van der Waals surface area contributed by atoms with Gasteiger partial charge in [-0.15, -0.1) is 0 Å². The Morgan fingerprint density at radius 3 is 1.88 bits per heavy atom. The number of hydrogen-bond donors (Lipinski definition) is 1. The average Bonchev–Trinajstić information content (AvgIpc) is 3.10. The Morgan fingerprint density at radius 2 is 1.29 bits per heavy atom. The number of benzene rings is 2. The van der Waals surface area contributed by atoms with Gasteiger partial charge in [0.25, 0.3) is 0 Å². The van der Waals surface area contributed by atoms with Gasteiger partial charge in [-0.2, -0.15) is 0 Å². The molecule has 0 aromatic heterocycles. The summed E-state index contributed by atoms with van der Waals surface area (Å²) in [6.45, 7) is 13.8. The highest BCUT2D eigenvalue weighted by Crippen LogP contribution is 2.63. The Labute approximate surface area is 248 Å². The van der Waals surface area contributed by atoms with E-state index in [1.54, 1.807) is 11.0 Å². The summed E-state index contributed by atoms with van der Waals surface area (Å²) in [5, 5.41) is 11.7. The molecule has 6 rings (SSSR count). The van der Waals surface area contributed by atoms with Crippen LogP contribution >= 0.6 is 0 Å². The Kier molecular flexibility index (Phi) is 5.95. The molecule has 0 bridgehead atoms. The van der Waals surface area contributed by atoms with E-state index >= 15 is 4.79 Å². The maximum absolute atomic E-state index is 15.3. The van der Waals surface area contributed by atoms with E-state index in [2.05, 4.69) is 19.1 Å². The van der Waals surface area contributed by atoms with Crippen LogP contribution in [0.1, 0.15) is 97.3 Å². The number of aliphatic hydroxyl groups excluding tert-OH is 1. The minimum Gasteiger partial charge on any atom is -0.512 e. The fourth-order valence-corrected chi connectivity index (χ4v) is 8.89. The number of allylic oxidation sites excluding steroid dienone is 1. The minimum atomic E-state index is -1.91. The van der Waals surface area contributed by atoms with E-state index in [-0.39, 0.29) is 54.4 Å². The lowest BCUT2D eigenvalue weighted by Crippen LogP contribution is -2.61. The molecule has 2 aliphatic heterocycles. The van der Waals surface area contributed by atoms with Gasteiger partial charge in [0.15, 0.2) is 5.78 Å². The second-order valence-corrected chi connectivity index (χ2v) is 15.5. The van der Waals surface area contributed by atoms with Crippen molar-refractivity contribution in [1.29, 1.82) is 0 Å². The van der Waals surface area contributed by atoms with E-state index in [4.69, 9.17) is 0 Å². The van der Waals surface area contributed by atoms with E-state index in [0.29, 0.717) is 17.7 Å². The van der Waals surface area contributed by atoms with Crippen molar-refractivity contribution in [2.75, 3.05) is 4.90 Å². The van der Waals surface area contributed by atoms with Gasteiger partial charge in [0.05, 0.1) is 17.2 Å². The predicted molar refractivity (Wildman–Crippen MR) is 161 cm³/mol. The monoisotopic (exact) mass is 567 g/mol. The Morgan fingerprint density at radius 1 is 0.714 bits per heavy atom. The first-order valence-corrected chi connectivity index (χ1v) is 15.0. The number of Topliss-reactive ketones (excluding diaryl/α,β-unsaturated/α-hetero) is 3. The number of ketones is 3. The summed E-state index contributed by atoms with van der Waals surface area (Å²) in [5.41, 5.74) is -1.08. The maximum atomic E-state index is 15.3. The van der Waals surface area contributed by atoms with Crippen molar-refractivity contribution in [2.24, 2.45) is 16.7 Å². The molecule has 2 heterocycles. The normalized spacial score (nSPS) is 30.1. The lowest BCUT2D eigenvalue weighted by atomic mass is 9.55. The Balaban J connectivity index is 1.72. The van der Waals surface area contributed by atoms with Crippen LogP contribution in [0.3, 0.4) is 0 Å². The lowest BCUT2D eigenvalue weighted by molar-refractivity contribution is -0.147. The third kappa shape index (κ3) is 3.76. The van der Waals surface area contributed by atoms with Crippen molar-refractivity contribution in [3.63, 3.8) is 0 Å². The summed E-state index contributed by atoms with van der Waals surface area (Å²) in [6.07, 6.45) is 1.12. The fourth-order valence-electron chi connectivity index (χ4n) is 8.89. The number of anilines is 1. The van der Waals surface area contributed by atoms with Crippen molar-refractivity contribution in [3.8, 4) is 0 Å². The fraction of sp³-hybridized carbons (Fsp3) is 0.500. The predicted octanol–water partition coefficient (Wildman–Crippen LogP) is 6.53. The van der Waals surface area contributed by atoms with E-state index in [1.165, 1.54) is 0 Å². The zero-order chi connectivity index (χ0) is 30.6. The standard InChI is InChI=1S/C36H41NO5/c1-32(2)16-24(38)28(25(39)17-32)36(29-26(40)18-33(3,4)19-27(29)41)23-15-11-14-22-30(23)37(31(36)42)34(5,6)20-35(22,7)21-12-9-8-10-13-21/h8-15,28,40H,16-20H2,1-7H3. The van der Waals surface area contributed by atoms with Gasteiger partial charge in [0.1, 0.15) is 22.7 Å². The van der Waals surface area contributed by atoms with Crippen LogP contribution in [0.15, 0.2) is 59.9 Å². The zero-order valence-corrected chi connectivity index (χ0v) is 25.8. The molecule has 0 saturated heterocycles. The van der Waals surface area contributed by atoms with Crippen molar-refractivity contribution in [1.82, 2.24) is 0 Å². The summed E-state index contributed by atoms with van der Waals surface area (Å²) in [5.74, 6) is -3.07. The third-order valence-electron chi connectivity index (χ3n) is 10.3. The van der Waals surface area contributed by atoms with Crippen LogP contribution in [0, 0.1) is 16.7 Å². The smallest absolute Gasteiger partial charge is 0.244 e. The molecule has 1 amide bonds. The van der Waals surface area contributed by atoms with Crippen LogP contribution in [-0.4, -0.2) is 33.9 Å². The quantitative estimate of drug-likeness (QED) is 0.426. The van der Waals surface area contributed by atoms with Gasteiger partial charge < -0.3 is 10.0 Å². The number of nitrogens with zero attached hydrogens (tertiary/aromatic N) is 1. The van der Waals surface area contributed by atoms with Crippen LogP contribution in [0.5, 0.6) is 0 Å². The highest BCUT2D eigenvalue weighted by molar-refractivity contribution is 6.24. The van der Waals surface area contributed by atoms with Crippen molar-refractivity contribution < 1.29 is 24.3 Å². The van der Waals surface area contributed by atoms with Crippen molar-refractivity contribution in [3.05, 3.63) is 76.6 Å². The van der Waals surface area contributed by atoms with Crippen LogP contribution in [0.25, 0.3) is 0 Å². The molecule has 0 radical (unpaired) electrons. The zero-order valence-electron chi connectivity index (χ0n) is 25.8. The summed E-state index contributed by atoms with van der Waals surface area (Å²) < 4.78 is 0. The number of aliphatic hydroxyl groups is 1. The van der Waals surface area contributed by atoms with Crippen LogP contribution in [-0.2, 0) is 30.0 Å². The van der Waals surface area contributed by atoms with Gasteiger partial charge in [-0.3, -0.25) is 19.2 Å². The Hall–Kier alpha value is -3.54. The molecule has 4 aliphatic rings. The van der Waals surface area contributed by atoms with E-state index < -0.39 is 39.0 Å². The average molecular weight is 568 g/mol. The number of rotatable bonds is 3. The Bertz CT molecular complexity index is 1580. The van der Waals surface area contributed by atoms with Crippen molar-refractivity contribution in [2.45, 2.75) is 96.9 Å².